The summed E-state index contributed by atoms with van der Waals surface area (Å²) in [6.45, 7) is 0. The van der Waals surface area contributed by atoms with Gasteiger partial charge in [-0.25, -0.2) is 9.37 Å². The normalized spacial score (nSPS) is 15.7. The number of imidazole rings is 1. The summed E-state index contributed by atoms with van der Waals surface area (Å²) < 4.78 is 14.8. The van der Waals surface area contributed by atoms with Crippen LogP contribution in [0.2, 0.25) is 0 Å². The third-order valence-electron chi connectivity index (χ3n) is 5.13. The lowest BCUT2D eigenvalue weighted by atomic mass is 9.96. The molecule has 138 valence electrons. The summed E-state index contributed by atoms with van der Waals surface area (Å²) in [7, 11) is 0. The van der Waals surface area contributed by atoms with Crippen molar-refractivity contribution in [3.05, 3.63) is 60.2 Å². The molecule has 27 heavy (non-hydrogen) atoms. The summed E-state index contributed by atoms with van der Waals surface area (Å²) in [5.74, 6) is -1.14. The first-order valence-corrected chi connectivity index (χ1v) is 8.84. The second-order valence-corrected chi connectivity index (χ2v) is 6.92. The van der Waals surface area contributed by atoms with E-state index >= 15 is 0 Å². The maximum atomic E-state index is 13.1. The molecule has 0 saturated heterocycles. The molecule has 1 aliphatic carbocycles. The number of primary amides is 1. The van der Waals surface area contributed by atoms with Gasteiger partial charge in [-0.05, 0) is 49.2 Å². The molecule has 2 aromatic heterocycles. The van der Waals surface area contributed by atoms with Crippen molar-refractivity contribution in [1.29, 1.82) is 0 Å². The fraction of sp³-hybridized carbons (Fsp3) is 0.250. The van der Waals surface area contributed by atoms with Gasteiger partial charge < -0.3 is 15.5 Å². The smallest absolute Gasteiger partial charge is 0.253 e. The molecule has 0 atom stereocenters. The van der Waals surface area contributed by atoms with Crippen molar-refractivity contribution >= 4 is 17.5 Å². The van der Waals surface area contributed by atoms with Gasteiger partial charge in [-0.15, -0.1) is 0 Å². The highest BCUT2D eigenvalue weighted by Crippen LogP contribution is 2.29. The van der Waals surface area contributed by atoms with Crippen LogP contribution in [0.1, 0.15) is 36.0 Å². The Balaban J connectivity index is 1.62. The number of nitrogens with zero attached hydrogens (tertiary/aromatic N) is 2. The fourth-order valence-corrected chi connectivity index (χ4v) is 3.59. The Morgan fingerprint density at radius 3 is 2.44 bits per heavy atom. The lowest BCUT2D eigenvalue weighted by molar-refractivity contribution is -0.123. The lowest BCUT2D eigenvalue weighted by Crippen LogP contribution is -2.55. The Labute approximate surface area is 155 Å². The molecule has 0 radical (unpaired) electrons. The third-order valence-corrected chi connectivity index (χ3v) is 5.13. The first-order chi connectivity index (χ1) is 13.0. The molecule has 6 nitrogen and oxygen atoms in total. The zero-order valence-corrected chi connectivity index (χ0v) is 14.6. The monoisotopic (exact) mass is 366 g/mol. The predicted molar refractivity (Wildman–Crippen MR) is 98.4 cm³/mol. The van der Waals surface area contributed by atoms with E-state index in [1.54, 1.807) is 41.1 Å². The van der Waals surface area contributed by atoms with Gasteiger partial charge in [0, 0.05) is 18.0 Å². The van der Waals surface area contributed by atoms with E-state index in [1.165, 1.54) is 12.1 Å². The number of carbonyl (C=O) groups is 2. The zero-order chi connectivity index (χ0) is 19.0. The van der Waals surface area contributed by atoms with Crippen molar-refractivity contribution in [2.45, 2.75) is 31.2 Å². The molecular formula is C20H19FN4O2. The van der Waals surface area contributed by atoms with Gasteiger partial charge in [-0.1, -0.05) is 12.8 Å². The van der Waals surface area contributed by atoms with Gasteiger partial charge in [0.1, 0.15) is 17.0 Å². The minimum Gasteiger partial charge on any atom is -0.368 e. The van der Waals surface area contributed by atoms with Crippen LogP contribution in [0.15, 0.2) is 48.8 Å². The topological polar surface area (TPSA) is 89.5 Å². The van der Waals surface area contributed by atoms with E-state index < -0.39 is 11.4 Å². The number of hydrogen-bond acceptors (Lipinski definition) is 3. The molecule has 1 aliphatic rings. The first-order valence-electron chi connectivity index (χ1n) is 8.84. The largest absolute Gasteiger partial charge is 0.368 e. The van der Waals surface area contributed by atoms with Gasteiger partial charge in [0.05, 0.1) is 11.3 Å². The van der Waals surface area contributed by atoms with Gasteiger partial charge >= 0.3 is 0 Å². The molecule has 0 unspecified atom stereocenters. The van der Waals surface area contributed by atoms with E-state index in [-0.39, 0.29) is 11.7 Å². The van der Waals surface area contributed by atoms with Crippen molar-refractivity contribution in [3.63, 3.8) is 0 Å². The van der Waals surface area contributed by atoms with Crippen LogP contribution < -0.4 is 11.1 Å². The van der Waals surface area contributed by atoms with Gasteiger partial charge in [0.2, 0.25) is 5.91 Å². The highest BCUT2D eigenvalue weighted by molar-refractivity contribution is 5.99. The Bertz CT molecular complexity index is 1020. The number of nitrogens with one attached hydrogen (secondary N) is 1. The summed E-state index contributed by atoms with van der Waals surface area (Å²) >= 11 is 0. The fourth-order valence-electron chi connectivity index (χ4n) is 3.59. The second kappa shape index (κ2) is 6.50. The summed E-state index contributed by atoms with van der Waals surface area (Å²) in [6.07, 6.45) is 6.30. The lowest BCUT2D eigenvalue weighted by Gasteiger charge is -2.26. The van der Waals surface area contributed by atoms with Crippen LogP contribution in [0, 0.1) is 5.82 Å². The second-order valence-electron chi connectivity index (χ2n) is 6.92. The number of nitrogens with two attached hydrogens (primary N) is 1. The summed E-state index contributed by atoms with van der Waals surface area (Å²) in [4.78, 5) is 29.0. The van der Waals surface area contributed by atoms with Crippen LogP contribution in [0.4, 0.5) is 4.39 Å². The van der Waals surface area contributed by atoms with Gasteiger partial charge in [-0.3, -0.25) is 9.59 Å². The van der Waals surface area contributed by atoms with E-state index in [9.17, 15) is 14.0 Å². The Kier molecular flexibility index (Phi) is 4.14. The maximum Gasteiger partial charge on any atom is 0.253 e. The number of rotatable bonds is 4. The van der Waals surface area contributed by atoms with Crippen molar-refractivity contribution in [3.8, 4) is 11.3 Å². The summed E-state index contributed by atoms with van der Waals surface area (Å²) in [6, 6.07) is 9.46. The van der Waals surface area contributed by atoms with Crippen molar-refractivity contribution in [1.82, 2.24) is 14.7 Å². The van der Waals surface area contributed by atoms with E-state index in [1.807, 2.05) is 0 Å². The van der Waals surface area contributed by atoms with Gasteiger partial charge in [-0.2, -0.15) is 0 Å². The molecule has 0 spiro atoms. The van der Waals surface area contributed by atoms with Crippen LogP contribution in [0.25, 0.3) is 16.9 Å². The number of aromatic nitrogens is 2. The maximum absolute atomic E-state index is 13.1. The van der Waals surface area contributed by atoms with Crippen LogP contribution >= 0.6 is 0 Å². The number of hydrogen-bond donors (Lipinski definition) is 2. The quantitative estimate of drug-likeness (QED) is 0.744. The molecule has 3 N–H and O–H groups in total. The molecule has 1 fully saturated rings. The average Bonchev–Trinajstić information content (AvgIpc) is 3.29. The molecule has 4 rings (SSSR count). The third kappa shape index (κ3) is 3.16. The minimum atomic E-state index is -0.958. The van der Waals surface area contributed by atoms with Gasteiger partial charge in [0.15, 0.2) is 0 Å². The molecular weight excluding hydrogens is 347 g/mol. The minimum absolute atomic E-state index is 0.309. The van der Waals surface area contributed by atoms with Crippen LogP contribution in [0.3, 0.4) is 0 Å². The number of amides is 2. The molecule has 0 bridgehead atoms. The van der Waals surface area contributed by atoms with Crippen molar-refractivity contribution < 1.29 is 14.0 Å². The Morgan fingerprint density at radius 2 is 1.78 bits per heavy atom. The summed E-state index contributed by atoms with van der Waals surface area (Å²) in [5.41, 5.74) is 7.11. The molecule has 2 heterocycles. The molecule has 0 aliphatic heterocycles. The number of carbonyl (C=O) groups excluding carboxylic acids is 2. The molecule has 3 aromatic rings. The number of halogens is 1. The van der Waals surface area contributed by atoms with E-state index in [2.05, 4.69) is 10.3 Å². The van der Waals surface area contributed by atoms with Crippen LogP contribution in [-0.4, -0.2) is 26.7 Å². The van der Waals surface area contributed by atoms with E-state index in [0.29, 0.717) is 29.7 Å². The standard InChI is InChI=1S/C20H19FN4O2/c21-15-6-3-13(4-7-15)16-12-25-11-14(5-8-17(25)23-16)18(26)24-20(19(22)27)9-1-2-10-20/h3-8,11-12H,1-2,9-10H2,(H2,22,27)(H,24,26). The highest BCUT2D eigenvalue weighted by Gasteiger charge is 2.41. The molecule has 1 saturated carbocycles. The average molecular weight is 366 g/mol. The number of benzene rings is 1. The van der Waals surface area contributed by atoms with Crippen molar-refractivity contribution in [2.75, 3.05) is 0 Å². The predicted octanol–water partition coefficient (Wildman–Crippen LogP) is 2.67. The van der Waals surface area contributed by atoms with Crippen LogP contribution in [0.5, 0.6) is 0 Å². The SMILES string of the molecule is NC(=O)C1(NC(=O)c2ccc3nc(-c4ccc(F)cc4)cn3c2)CCCC1. The zero-order valence-electron chi connectivity index (χ0n) is 14.6. The van der Waals surface area contributed by atoms with Crippen LogP contribution in [-0.2, 0) is 4.79 Å². The number of pyridine rings is 1. The summed E-state index contributed by atoms with van der Waals surface area (Å²) in [5, 5.41) is 2.83. The molecule has 7 heteroatoms. The molecule has 2 amide bonds. The Hall–Kier alpha value is -3.22. The van der Waals surface area contributed by atoms with Gasteiger partial charge in [0.25, 0.3) is 5.91 Å². The van der Waals surface area contributed by atoms with Crippen molar-refractivity contribution in [2.24, 2.45) is 5.73 Å². The van der Waals surface area contributed by atoms with E-state index in [4.69, 9.17) is 5.73 Å². The first kappa shape index (κ1) is 17.2. The Morgan fingerprint density at radius 1 is 1.07 bits per heavy atom. The molecule has 1 aromatic carbocycles. The van der Waals surface area contributed by atoms with E-state index in [0.717, 1.165) is 18.4 Å². The number of fused-ring (bicyclic) bond motifs is 1. The highest BCUT2D eigenvalue weighted by atomic mass is 19.1.